The lowest BCUT2D eigenvalue weighted by Gasteiger charge is -2.12. The van der Waals surface area contributed by atoms with Crippen molar-refractivity contribution in [2.24, 2.45) is 11.7 Å². The van der Waals surface area contributed by atoms with Gasteiger partial charge in [0.25, 0.3) is 5.91 Å². The topological polar surface area (TPSA) is 84.2 Å². The molecule has 0 saturated heterocycles. The van der Waals surface area contributed by atoms with Gasteiger partial charge in [0.2, 0.25) is 5.91 Å². The maximum absolute atomic E-state index is 11.7. The molecule has 1 rings (SSSR count). The van der Waals surface area contributed by atoms with Crippen molar-refractivity contribution in [1.29, 1.82) is 0 Å². The summed E-state index contributed by atoms with van der Waals surface area (Å²) in [5.41, 5.74) is 6.44. The summed E-state index contributed by atoms with van der Waals surface area (Å²) < 4.78 is 0. The van der Waals surface area contributed by atoms with Crippen molar-refractivity contribution >= 4 is 17.5 Å². The summed E-state index contributed by atoms with van der Waals surface area (Å²) >= 11 is 0. The lowest BCUT2D eigenvalue weighted by atomic mass is 10.1. The zero-order chi connectivity index (χ0) is 13.5. The number of carbonyl (C=O) groups excluding carboxylic acids is 2. The molecule has 5 nitrogen and oxygen atoms in total. The van der Waals surface area contributed by atoms with Crippen molar-refractivity contribution in [2.45, 2.75) is 13.3 Å². The van der Waals surface area contributed by atoms with Gasteiger partial charge in [0.15, 0.2) is 0 Å². The average Bonchev–Trinajstić information content (AvgIpc) is 2.38. The molecule has 2 amide bonds. The van der Waals surface area contributed by atoms with E-state index in [4.69, 9.17) is 5.73 Å². The molecule has 0 aliphatic heterocycles. The predicted octanol–water partition coefficient (Wildman–Crippen LogP) is 0.970. The highest BCUT2D eigenvalue weighted by Gasteiger charge is 2.13. The Hall–Kier alpha value is -1.88. The first kappa shape index (κ1) is 14.2. The largest absolute Gasteiger partial charge is 0.355 e. The number of nitrogens with two attached hydrogens (primary N) is 1. The van der Waals surface area contributed by atoms with Crippen LogP contribution in [0, 0.1) is 5.92 Å². The van der Waals surface area contributed by atoms with Crippen LogP contribution in [0.5, 0.6) is 0 Å². The molecule has 98 valence electrons. The van der Waals surface area contributed by atoms with Gasteiger partial charge in [-0.25, -0.2) is 0 Å². The number of hydrogen-bond donors (Lipinski definition) is 3. The number of amides is 2. The van der Waals surface area contributed by atoms with E-state index in [9.17, 15) is 9.59 Å². The summed E-state index contributed by atoms with van der Waals surface area (Å²) in [6.07, 6.45) is 0.346. The van der Waals surface area contributed by atoms with Crippen molar-refractivity contribution in [3.05, 3.63) is 29.8 Å². The smallest absolute Gasteiger partial charge is 0.253 e. The molecule has 0 heterocycles. The zero-order valence-electron chi connectivity index (χ0n) is 10.7. The van der Waals surface area contributed by atoms with Crippen LogP contribution in [-0.2, 0) is 4.79 Å². The Morgan fingerprint density at radius 3 is 2.61 bits per heavy atom. The van der Waals surface area contributed by atoms with E-state index in [-0.39, 0.29) is 17.7 Å². The van der Waals surface area contributed by atoms with Crippen LogP contribution in [0.1, 0.15) is 23.7 Å². The van der Waals surface area contributed by atoms with Gasteiger partial charge in [-0.15, -0.1) is 0 Å². The second-order valence-corrected chi connectivity index (χ2v) is 4.22. The minimum atomic E-state index is -0.224. The van der Waals surface area contributed by atoms with Crippen molar-refractivity contribution < 1.29 is 9.59 Å². The first-order valence-electron chi connectivity index (χ1n) is 5.89. The van der Waals surface area contributed by atoms with Gasteiger partial charge in [0.1, 0.15) is 0 Å². The zero-order valence-corrected chi connectivity index (χ0v) is 10.7. The number of para-hydroxylation sites is 1. The van der Waals surface area contributed by atoms with Crippen LogP contribution in [0.3, 0.4) is 0 Å². The average molecular weight is 249 g/mol. The molecule has 0 radical (unpaired) electrons. The molecule has 5 heteroatoms. The Morgan fingerprint density at radius 2 is 2.00 bits per heavy atom. The molecule has 0 spiro atoms. The quantitative estimate of drug-likeness (QED) is 0.727. The van der Waals surface area contributed by atoms with E-state index in [1.807, 2.05) is 6.92 Å². The molecule has 0 fully saturated rings. The second kappa shape index (κ2) is 6.76. The molecule has 0 aliphatic carbocycles. The summed E-state index contributed by atoms with van der Waals surface area (Å²) in [5, 5.41) is 5.27. The fourth-order valence-electron chi connectivity index (χ4n) is 1.53. The predicted molar refractivity (Wildman–Crippen MR) is 71.3 cm³/mol. The van der Waals surface area contributed by atoms with Gasteiger partial charge >= 0.3 is 0 Å². The number of carbonyl (C=O) groups is 2. The molecule has 1 atom stereocenters. The van der Waals surface area contributed by atoms with Gasteiger partial charge in [0, 0.05) is 13.5 Å². The number of hydrogen-bond acceptors (Lipinski definition) is 3. The molecular weight excluding hydrogens is 230 g/mol. The van der Waals surface area contributed by atoms with Gasteiger partial charge < -0.3 is 16.4 Å². The molecular formula is C13H19N3O2. The van der Waals surface area contributed by atoms with Crippen molar-refractivity contribution in [3.63, 3.8) is 0 Å². The van der Waals surface area contributed by atoms with Gasteiger partial charge in [-0.1, -0.05) is 19.1 Å². The fraction of sp³-hybridized carbons (Fsp3) is 0.385. The number of rotatable bonds is 5. The lowest BCUT2D eigenvalue weighted by Crippen LogP contribution is -2.23. The number of benzene rings is 1. The van der Waals surface area contributed by atoms with E-state index < -0.39 is 0 Å². The number of nitrogens with one attached hydrogen (secondary N) is 2. The summed E-state index contributed by atoms with van der Waals surface area (Å²) in [6, 6.07) is 6.90. The van der Waals surface area contributed by atoms with Crippen LogP contribution in [0.2, 0.25) is 0 Å². The molecule has 1 aromatic rings. The molecule has 18 heavy (non-hydrogen) atoms. The van der Waals surface area contributed by atoms with Gasteiger partial charge in [-0.2, -0.15) is 0 Å². The van der Waals surface area contributed by atoms with Crippen LogP contribution in [0.15, 0.2) is 24.3 Å². The second-order valence-electron chi connectivity index (χ2n) is 4.22. The SMILES string of the molecule is CNC(=O)c1ccccc1NC(=O)CC(C)CN. The highest BCUT2D eigenvalue weighted by molar-refractivity contribution is 6.03. The monoisotopic (exact) mass is 249 g/mol. The third-order valence-corrected chi connectivity index (χ3v) is 2.61. The third kappa shape index (κ3) is 3.85. The van der Waals surface area contributed by atoms with Crippen molar-refractivity contribution in [3.8, 4) is 0 Å². The van der Waals surface area contributed by atoms with Crippen molar-refractivity contribution in [2.75, 3.05) is 18.9 Å². The Balaban J connectivity index is 2.78. The summed E-state index contributed by atoms with van der Waals surface area (Å²) in [5.74, 6) is -0.237. The highest BCUT2D eigenvalue weighted by atomic mass is 16.2. The van der Waals surface area contributed by atoms with Crippen LogP contribution < -0.4 is 16.4 Å². The van der Waals surface area contributed by atoms with E-state index >= 15 is 0 Å². The Kier molecular flexibility index (Phi) is 5.32. The van der Waals surface area contributed by atoms with E-state index in [0.717, 1.165) is 0 Å². The van der Waals surface area contributed by atoms with Crippen LogP contribution in [0.4, 0.5) is 5.69 Å². The first-order chi connectivity index (χ1) is 8.58. The Bertz CT molecular complexity index is 432. The Labute approximate surface area is 107 Å². The molecule has 0 bridgehead atoms. The molecule has 0 aliphatic rings. The molecule has 1 unspecified atom stereocenters. The van der Waals surface area contributed by atoms with E-state index in [1.54, 1.807) is 31.3 Å². The standard InChI is InChI=1S/C13H19N3O2/c1-9(8-14)7-12(17)16-11-6-4-3-5-10(11)13(18)15-2/h3-6,9H,7-8,14H2,1-2H3,(H,15,18)(H,16,17). The van der Waals surface area contributed by atoms with E-state index in [0.29, 0.717) is 24.2 Å². The normalized spacial score (nSPS) is 11.7. The first-order valence-corrected chi connectivity index (χ1v) is 5.89. The summed E-state index contributed by atoms with van der Waals surface area (Å²) in [6.45, 7) is 2.37. The Morgan fingerprint density at radius 1 is 1.33 bits per heavy atom. The molecule has 0 aromatic heterocycles. The van der Waals surface area contributed by atoms with E-state index in [1.165, 1.54) is 0 Å². The highest BCUT2D eigenvalue weighted by Crippen LogP contribution is 2.15. The summed E-state index contributed by atoms with van der Waals surface area (Å²) in [7, 11) is 1.55. The van der Waals surface area contributed by atoms with Gasteiger partial charge in [-0.05, 0) is 24.6 Å². The molecule has 1 aromatic carbocycles. The molecule has 4 N–H and O–H groups in total. The lowest BCUT2D eigenvalue weighted by molar-refractivity contribution is -0.116. The molecule has 0 saturated carbocycles. The van der Waals surface area contributed by atoms with Crippen LogP contribution in [-0.4, -0.2) is 25.4 Å². The third-order valence-electron chi connectivity index (χ3n) is 2.61. The van der Waals surface area contributed by atoms with Gasteiger partial charge in [0.05, 0.1) is 11.3 Å². The number of anilines is 1. The minimum Gasteiger partial charge on any atom is -0.355 e. The maximum Gasteiger partial charge on any atom is 0.253 e. The van der Waals surface area contributed by atoms with E-state index in [2.05, 4.69) is 10.6 Å². The minimum absolute atomic E-state index is 0.122. The van der Waals surface area contributed by atoms with Crippen LogP contribution in [0.25, 0.3) is 0 Å². The fourth-order valence-corrected chi connectivity index (χ4v) is 1.53. The summed E-state index contributed by atoms with van der Waals surface area (Å²) in [4.78, 5) is 23.4. The van der Waals surface area contributed by atoms with Gasteiger partial charge in [-0.3, -0.25) is 9.59 Å². The van der Waals surface area contributed by atoms with Crippen LogP contribution >= 0.6 is 0 Å². The van der Waals surface area contributed by atoms with Crippen molar-refractivity contribution in [1.82, 2.24) is 5.32 Å². The maximum atomic E-state index is 11.7.